The molecule has 2 rings (SSSR count). The maximum atomic E-state index is 8.73. The van der Waals surface area contributed by atoms with Crippen molar-refractivity contribution in [3.8, 4) is 11.5 Å². The number of aliphatic hydroxyl groups is 1. The Hall–Kier alpha value is -1.45. The van der Waals surface area contributed by atoms with Crippen molar-refractivity contribution >= 4 is 11.8 Å². The predicted octanol–water partition coefficient (Wildman–Crippen LogP) is 3.56. The van der Waals surface area contributed by atoms with Crippen LogP contribution in [-0.4, -0.2) is 17.5 Å². The average molecular weight is 246 g/mol. The molecule has 0 atom stereocenters. The maximum Gasteiger partial charge on any atom is 0.127 e. The maximum absolute atomic E-state index is 8.73. The Morgan fingerprint density at radius 2 is 1.53 bits per heavy atom. The lowest BCUT2D eigenvalue weighted by atomic mass is 10.3. The van der Waals surface area contributed by atoms with Gasteiger partial charge in [0, 0.05) is 10.6 Å². The number of para-hydroxylation sites is 1. The summed E-state index contributed by atoms with van der Waals surface area (Å²) in [4.78, 5) is 1.14. The predicted molar refractivity (Wildman–Crippen MR) is 70.8 cm³/mol. The highest BCUT2D eigenvalue weighted by molar-refractivity contribution is 7.99. The van der Waals surface area contributed by atoms with Crippen molar-refractivity contribution in [2.24, 2.45) is 0 Å². The van der Waals surface area contributed by atoms with Gasteiger partial charge in [0.25, 0.3) is 0 Å². The smallest absolute Gasteiger partial charge is 0.127 e. The van der Waals surface area contributed by atoms with Gasteiger partial charge in [-0.2, -0.15) is 0 Å². The van der Waals surface area contributed by atoms with Crippen LogP contribution < -0.4 is 4.74 Å². The number of rotatable bonds is 5. The summed E-state index contributed by atoms with van der Waals surface area (Å²) >= 11 is 1.63. The van der Waals surface area contributed by atoms with Crippen LogP contribution in [0.4, 0.5) is 0 Å². The first-order chi connectivity index (χ1) is 8.38. The zero-order chi connectivity index (χ0) is 11.9. The summed E-state index contributed by atoms with van der Waals surface area (Å²) in [5.41, 5.74) is 0. The number of benzene rings is 2. The second kappa shape index (κ2) is 6.33. The van der Waals surface area contributed by atoms with Crippen LogP contribution >= 0.6 is 11.8 Å². The van der Waals surface area contributed by atoms with Crippen molar-refractivity contribution in [3.63, 3.8) is 0 Å². The summed E-state index contributed by atoms with van der Waals surface area (Å²) < 4.78 is 5.68. The second-order valence-electron chi connectivity index (χ2n) is 3.46. The van der Waals surface area contributed by atoms with Gasteiger partial charge in [-0.3, -0.25) is 0 Å². The molecule has 17 heavy (non-hydrogen) atoms. The molecule has 2 nitrogen and oxygen atoms in total. The molecule has 0 saturated heterocycles. The standard InChI is InChI=1S/C14H14O2S/c15-10-11-17-14-8-6-13(7-9-14)16-12-4-2-1-3-5-12/h1-9,15H,10-11H2. The van der Waals surface area contributed by atoms with Gasteiger partial charge >= 0.3 is 0 Å². The molecule has 2 aromatic rings. The van der Waals surface area contributed by atoms with E-state index in [1.165, 1.54) is 0 Å². The Bertz CT molecular complexity index is 440. The lowest BCUT2D eigenvalue weighted by Crippen LogP contribution is -1.86. The Morgan fingerprint density at radius 1 is 0.882 bits per heavy atom. The molecule has 0 bridgehead atoms. The third kappa shape index (κ3) is 3.80. The van der Waals surface area contributed by atoms with E-state index in [0.717, 1.165) is 22.1 Å². The Balaban J connectivity index is 1.98. The SMILES string of the molecule is OCCSc1ccc(Oc2ccccc2)cc1. The van der Waals surface area contributed by atoms with Crippen LogP contribution in [0.3, 0.4) is 0 Å². The molecule has 3 heteroatoms. The molecule has 0 saturated carbocycles. The van der Waals surface area contributed by atoms with Gasteiger partial charge in [0.2, 0.25) is 0 Å². The van der Waals surface area contributed by atoms with Crippen molar-refractivity contribution in [2.45, 2.75) is 4.90 Å². The quantitative estimate of drug-likeness (QED) is 0.818. The highest BCUT2D eigenvalue weighted by atomic mass is 32.2. The lowest BCUT2D eigenvalue weighted by Gasteiger charge is -2.06. The fourth-order valence-corrected chi connectivity index (χ4v) is 2.05. The van der Waals surface area contributed by atoms with E-state index in [4.69, 9.17) is 9.84 Å². The van der Waals surface area contributed by atoms with E-state index in [1.807, 2.05) is 54.6 Å². The molecule has 0 aromatic heterocycles. The topological polar surface area (TPSA) is 29.5 Å². The molecule has 2 aromatic carbocycles. The molecule has 88 valence electrons. The Kier molecular flexibility index (Phi) is 4.47. The van der Waals surface area contributed by atoms with Gasteiger partial charge in [0.15, 0.2) is 0 Å². The first-order valence-corrected chi connectivity index (χ1v) is 6.43. The number of hydrogen-bond donors (Lipinski definition) is 1. The highest BCUT2D eigenvalue weighted by Crippen LogP contribution is 2.24. The Morgan fingerprint density at radius 3 is 2.18 bits per heavy atom. The van der Waals surface area contributed by atoms with Crippen LogP contribution in [0.25, 0.3) is 0 Å². The first kappa shape index (κ1) is 12.0. The fourth-order valence-electron chi connectivity index (χ4n) is 1.39. The minimum absolute atomic E-state index is 0.201. The number of thioether (sulfide) groups is 1. The average Bonchev–Trinajstić information content (AvgIpc) is 2.39. The number of hydrogen-bond acceptors (Lipinski definition) is 3. The molecule has 0 aliphatic heterocycles. The van der Waals surface area contributed by atoms with E-state index < -0.39 is 0 Å². The van der Waals surface area contributed by atoms with Crippen molar-refractivity contribution in [1.29, 1.82) is 0 Å². The summed E-state index contributed by atoms with van der Waals surface area (Å²) in [5.74, 6) is 2.38. The zero-order valence-corrected chi connectivity index (χ0v) is 10.2. The van der Waals surface area contributed by atoms with E-state index in [-0.39, 0.29) is 6.61 Å². The molecule has 0 radical (unpaired) electrons. The third-order valence-corrected chi connectivity index (χ3v) is 3.15. The molecule has 0 heterocycles. The van der Waals surface area contributed by atoms with Gasteiger partial charge in [0.1, 0.15) is 11.5 Å². The van der Waals surface area contributed by atoms with E-state index >= 15 is 0 Å². The normalized spacial score (nSPS) is 10.2. The van der Waals surface area contributed by atoms with Crippen molar-refractivity contribution in [2.75, 3.05) is 12.4 Å². The monoisotopic (exact) mass is 246 g/mol. The number of ether oxygens (including phenoxy) is 1. The molecule has 1 N–H and O–H groups in total. The van der Waals surface area contributed by atoms with E-state index in [9.17, 15) is 0 Å². The van der Waals surface area contributed by atoms with Gasteiger partial charge in [-0.05, 0) is 36.4 Å². The van der Waals surface area contributed by atoms with E-state index in [2.05, 4.69) is 0 Å². The zero-order valence-electron chi connectivity index (χ0n) is 9.37. The minimum atomic E-state index is 0.201. The summed E-state index contributed by atoms with van der Waals surface area (Å²) in [6, 6.07) is 17.6. The van der Waals surface area contributed by atoms with Gasteiger partial charge in [-0.15, -0.1) is 11.8 Å². The van der Waals surface area contributed by atoms with Gasteiger partial charge in [-0.1, -0.05) is 18.2 Å². The third-order valence-electron chi connectivity index (χ3n) is 2.16. The Labute approximate surface area is 105 Å². The molecule has 0 amide bonds. The van der Waals surface area contributed by atoms with Crippen LogP contribution in [0, 0.1) is 0 Å². The summed E-state index contributed by atoms with van der Waals surface area (Å²) in [6.45, 7) is 0.201. The van der Waals surface area contributed by atoms with Crippen LogP contribution in [0.15, 0.2) is 59.5 Å². The van der Waals surface area contributed by atoms with Gasteiger partial charge < -0.3 is 9.84 Å². The second-order valence-corrected chi connectivity index (χ2v) is 4.63. The number of aliphatic hydroxyl groups excluding tert-OH is 1. The molecule has 0 fully saturated rings. The van der Waals surface area contributed by atoms with Crippen LogP contribution in [0.1, 0.15) is 0 Å². The van der Waals surface area contributed by atoms with Crippen LogP contribution in [0.2, 0.25) is 0 Å². The molecule has 0 spiro atoms. The van der Waals surface area contributed by atoms with Crippen molar-refractivity contribution in [3.05, 3.63) is 54.6 Å². The van der Waals surface area contributed by atoms with Gasteiger partial charge in [-0.25, -0.2) is 0 Å². The minimum Gasteiger partial charge on any atom is -0.457 e. The lowest BCUT2D eigenvalue weighted by molar-refractivity contribution is 0.322. The van der Waals surface area contributed by atoms with Crippen molar-refractivity contribution in [1.82, 2.24) is 0 Å². The largest absolute Gasteiger partial charge is 0.457 e. The molecule has 0 aliphatic rings. The molecular formula is C14H14O2S. The van der Waals surface area contributed by atoms with Crippen molar-refractivity contribution < 1.29 is 9.84 Å². The van der Waals surface area contributed by atoms with Crippen LogP contribution in [0.5, 0.6) is 11.5 Å². The molecule has 0 aliphatic carbocycles. The van der Waals surface area contributed by atoms with Crippen LogP contribution in [-0.2, 0) is 0 Å². The molecular weight excluding hydrogens is 232 g/mol. The summed E-state index contributed by atoms with van der Waals surface area (Å²) in [7, 11) is 0. The molecule has 0 unspecified atom stereocenters. The fraction of sp³-hybridized carbons (Fsp3) is 0.143. The van der Waals surface area contributed by atoms with E-state index in [0.29, 0.717) is 0 Å². The summed E-state index contributed by atoms with van der Waals surface area (Å²) in [6.07, 6.45) is 0. The van der Waals surface area contributed by atoms with E-state index in [1.54, 1.807) is 11.8 Å². The van der Waals surface area contributed by atoms with Gasteiger partial charge in [0.05, 0.1) is 6.61 Å². The first-order valence-electron chi connectivity index (χ1n) is 5.45. The highest BCUT2D eigenvalue weighted by Gasteiger charge is 1.97. The summed E-state index contributed by atoms with van der Waals surface area (Å²) in [5, 5.41) is 8.73.